The van der Waals surface area contributed by atoms with Gasteiger partial charge in [-0.1, -0.05) is 24.3 Å². The maximum absolute atomic E-state index is 9.37. The third kappa shape index (κ3) is 2.61. The smallest absolute Gasteiger partial charge is 0.0998 e. The Kier molecular flexibility index (Phi) is 3.89. The van der Waals surface area contributed by atoms with Crippen molar-refractivity contribution in [2.45, 2.75) is 19.4 Å². The van der Waals surface area contributed by atoms with Gasteiger partial charge in [0.05, 0.1) is 35.9 Å². The molecule has 5 heteroatoms. The summed E-state index contributed by atoms with van der Waals surface area (Å²) in [5.74, 6) is 0. The highest BCUT2D eigenvalue weighted by Gasteiger charge is 2.23. The molecule has 120 valence electrons. The average molecular weight is 317 g/mol. The minimum atomic E-state index is 0.727. The fourth-order valence-corrected chi connectivity index (χ4v) is 3.43. The number of fused-ring (bicyclic) bond motifs is 1. The Bertz CT molecular complexity index is 878. The van der Waals surface area contributed by atoms with Crippen molar-refractivity contribution in [1.29, 1.82) is 5.26 Å². The van der Waals surface area contributed by atoms with Crippen LogP contribution in [0.2, 0.25) is 0 Å². The van der Waals surface area contributed by atoms with Crippen molar-refractivity contribution in [3.63, 3.8) is 0 Å². The Morgan fingerprint density at radius 3 is 2.71 bits per heavy atom. The highest BCUT2D eigenvalue weighted by molar-refractivity contribution is 5.97. The van der Waals surface area contributed by atoms with E-state index in [2.05, 4.69) is 38.2 Å². The summed E-state index contributed by atoms with van der Waals surface area (Å²) < 4.78 is 0. The quantitative estimate of drug-likeness (QED) is 0.804. The monoisotopic (exact) mass is 317 g/mol. The van der Waals surface area contributed by atoms with Crippen molar-refractivity contribution in [2.75, 3.05) is 18.1 Å². The zero-order valence-corrected chi connectivity index (χ0v) is 13.4. The van der Waals surface area contributed by atoms with E-state index in [0.29, 0.717) is 0 Å². The molecule has 1 saturated heterocycles. The predicted molar refractivity (Wildman–Crippen MR) is 94.2 cm³/mol. The van der Waals surface area contributed by atoms with Crippen molar-refractivity contribution in [1.82, 2.24) is 15.0 Å². The van der Waals surface area contributed by atoms with Gasteiger partial charge in [-0.05, 0) is 25.0 Å². The number of anilines is 1. The number of hydrogen-bond acceptors (Lipinski definition) is 4. The second-order valence-corrected chi connectivity index (χ2v) is 6.07. The zero-order valence-electron chi connectivity index (χ0n) is 13.4. The zero-order chi connectivity index (χ0) is 16.4. The van der Waals surface area contributed by atoms with Crippen molar-refractivity contribution in [3.8, 4) is 6.07 Å². The van der Waals surface area contributed by atoms with Gasteiger partial charge in [-0.15, -0.1) is 0 Å². The lowest BCUT2D eigenvalue weighted by Gasteiger charge is -2.40. The van der Waals surface area contributed by atoms with Crippen molar-refractivity contribution in [2.24, 2.45) is 0 Å². The summed E-state index contributed by atoms with van der Waals surface area (Å²) in [6.07, 6.45) is 6.03. The van der Waals surface area contributed by atoms with E-state index >= 15 is 0 Å². The lowest BCUT2D eigenvalue weighted by atomic mass is 10.0. The van der Waals surface area contributed by atoms with Gasteiger partial charge in [0.25, 0.3) is 0 Å². The standard InChI is InChI=1S/C19H19N5/c20-11-15-7-8-19(18-6-2-1-5-17(15)18)24-10-4-3-9-23(24)13-16-12-21-14-22-16/h1-2,5-8,12,14H,3-4,9-10,13H2,(H,21,22). The first kappa shape index (κ1) is 14.7. The molecule has 0 unspecified atom stereocenters. The van der Waals surface area contributed by atoms with Crippen LogP contribution in [-0.2, 0) is 6.54 Å². The topological polar surface area (TPSA) is 59.0 Å². The fourth-order valence-electron chi connectivity index (χ4n) is 3.43. The molecule has 5 nitrogen and oxygen atoms in total. The van der Waals surface area contributed by atoms with Crippen LogP contribution in [0.3, 0.4) is 0 Å². The summed E-state index contributed by atoms with van der Waals surface area (Å²) in [5.41, 5.74) is 2.94. The van der Waals surface area contributed by atoms with Gasteiger partial charge in [-0.2, -0.15) is 5.26 Å². The number of imidazole rings is 1. The first-order valence-corrected chi connectivity index (χ1v) is 8.29. The fraction of sp³-hybridized carbons (Fsp3) is 0.263. The Morgan fingerprint density at radius 2 is 1.92 bits per heavy atom. The highest BCUT2D eigenvalue weighted by atomic mass is 15.6. The Balaban J connectivity index is 1.76. The maximum atomic E-state index is 9.37. The van der Waals surface area contributed by atoms with E-state index in [9.17, 15) is 5.26 Å². The van der Waals surface area contributed by atoms with E-state index in [1.165, 1.54) is 18.5 Å². The second kappa shape index (κ2) is 6.34. The Labute approximate surface area is 141 Å². The molecule has 0 aliphatic carbocycles. The van der Waals surface area contributed by atoms with E-state index in [-0.39, 0.29) is 0 Å². The number of nitrogens with one attached hydrogen (secondary N) is 1. The summed E-state index contributed by atoms with van der Waals surface area (Å²) in [6.45, 7) is 2.79. The molecule has 0 spiro atoms. The minimum Gasteiger partial charge on any atom is -0.351 e. The molecule has 4 rings (SSSR count). The number of nitrogens with zero attached hydrogens (tertiary/aromatic N) is 4. The molecule has 1 aromatic heterocycles. The maximum Gasteiger partial charge on any atom is 0.0998 e. The summed E-state index contributed by atoms with van der Waals surface area (Å²) in [7, 11) is 0. The third-order valence-corrected chi connectivity index (χ3v) is 4.58. The predicted octanol–water partition coefficient (Wildman–Crippen LogP) is 3.45. The molecule has 0 amide bonds. The van der Waals surface area contributed by atoms with Gasteiger partial charge in [0.2, 0.25) is 0 Å². The van der Waals surface area contributed by atoms with Crippen LogP contribution in [0.1, 0.15) is 24.1 Å². The van der Waals surface area contributed by atoms with Gasteiger partial charge in [0.1, 0.15) is 0 Å². The minimum absolute atomic E-state index is 0.727. The summed E-state index contributed by atoms with van der Waals surface area (Å²) in [5, 5.41) is 16.2. The molecule has 0 saturated carbocycles. The summed E-state index contributed by atoms with van der Waals surface area (Å²) >= 11 is 0. The molecule has 24 heavy (non-hydrogen) atoms. The van der Waals surface area contributed by atoms with Crippen molar-refractivity contribution < 1.29 is 0 Å². The first-order valence-electron chi connectivity index (χ1n) is 8.29. The van der Waals surface area contributed by atoms with Crippen LogP contribution in [0.4, 0.5) is 5.69 Å². The first-order chi connectivity index (χ1) is 11.9. The number of nitriles is 1. The molecule has 1 aliphatic rings. The van der Waals surface area contributed by atoms with Crippen LogP contribution >= 0.6 is 0 Å². The van der Waals surface area contributed by atoms with E-state index < -0.39 is 0 Å². The largest absolute Gasteiger partial charge is 0.351 e. The molecule has 1 aliphatic heterocycles. The van der Waals surface area contributed by atoms with Crippen LogP contribution in [0.5, 0.6) is 0 Å². The van der Waals surface area contributed by atoms with Crippen LogP contribution in [-0.4, -0.2) is 28.1 Å². The number of rotatable bonds is 3. The molecular formula is C19H19N5. The van der Waals surface area contributed by atoms with Gasteiger partial charge in [-0.25, -0.2) is 9.99 Å². The van der Waals surface area contributed by atoms with Crippen LogP contribution in [0.25, 0.3) is 10.8 Å². The van der Waals surface area contributed by atoms with Gasteiger partial charge in [0.15, 0.2) is 0 Å². The third-order valence-electron chi connectivity index (χ3n) is 4.58. The molecule has 0 radical (unpaired) electrons. The van der Waals surface area contributed by atoms with E-state index in [1.807, 2.05) is 30.5 Å². The molecule has 2 aromatic carbocycles. The molecule has 1 N–H and O–H groups in total. The average Bonchev–Trinajstić information content (AvgIpc) is 3.14. The number of H-pyrrole nitrogens is 1. The van der Waals surface area contributed by atoms with E-state index in [1.54, 1.807) is 6.33 Å². The Morgan fingerprint density at radius 1 is 1.08 bits per heavy atom. The molecule has 0 bridgehead atoms. The van der Waals surface area contributed by atoms with E-state index in [4.69, 9.17) is 0 Å². The number of aromatic amines is 1. The number of hydrazine groups is 1. The molecule has 0 atom stereocenters. The van der Waals surface area contributed by atoms with Gasteiger partial charge < -0.3 is 9.99 Å². The SMILES string of the molecule is N#Cc1ccc(N2CCCCN2Cc2c[nH]cn2)c2ccccc12. The van der Waals surface area contributed by atoms with Crippen LogP contribution in [0, 0.1) is 11.3 Å². The second-order valence-electron chi connectivity index (χ2n) is 6.07. The molecule has 1 fully saturated rings. The van der Waals surface area contributed by atoms with Crippen molar-refractivity contribution >= 4 is 16.5 Å². The van der Waals surface area contributed by atoms with Crippen LogP contribution in [0.15, 0.2) is 48.9 Å². The van der Waals surface area contributed by atoms with Crippen LogP contribution < -0.4 is 5.01 Å². The normalized spacial score (nSPS) is 15.5. The summed E-state index contributed by atoms with van der Waals surface area (Å²) in [4.78, 5) is 7.39. The molecular weight excluding hydrogens is 298 g/mol. The Hall–Kier alpha value is -2.84. The van der Waals surface area contributed by atoms with Crippen molar-refractivity contribution in [3.05, 3.63) is 60.2 Å². The van der Waals surface area contributed by atoms with E-state index in [0.717, 1.165) is 41.7 Å². The lowest BCUT2D eigenvalue weighted by molar-refractivity contribution is 0.203. The highest BCUT2D eigenvalue weighted by Crippen LogP contribution is 2.32. The molecule has 3 aromatic rings. The lowest BCUT2D eigenvalue weighted by Crippen LogP contribution is -2.47. The molecule has 2 heterocycles. The van der Waals surface area contributed by atoms with Gasteiger partial charge in [0, 0.05) is 30.1 Å². The van der Waals surface area contributed by atoms with Gasteiger partial charge >= 0.3 is 0 Å². The number of benzene rings is 2. The van der Waals surface area contributed by atoms with Gasteiger partial charge in [-0.3, -0.25) is 0 Å². The number of aromatic nitrogens is 2. The number of hydrogen-bond donors (Lipinski definition) is 1. The summed E-state index contributed by atoms with van der Waals surface area (Å²) in [6, 6.07) is 14.5.